The molecule has 2 amide bonds. The summed E-state index contributed by atoms with van der Waals surface area (Å²) in [6, 6.07) is 16.9. The van der Waals surface area contributed by atoms with E-state index in [2.05, 4.69) is 24.5 Å². The lowest BCUT2D eigenvalue weighted by molar-refractivity contribution is -0.144. The first-order valence-corrected chi connectivity index (χ1v) is 13.8. The van der Waals surface area contributed by atoms with Gasteiger partial charge < -0.3 is 25.2 Å². The van der Waals surface area contributed by atoms with Gasteiger partial charge in [0.25, 0.3) is 5.91 Å². The molecule has 7 unspecified atom stereocenters. The average Bonchev–Trinajstić information content (AvgIpc) is 2.93. The van der Waals surface area contributed by atoms with Crippen molar-refractivity contribution < 1.29 is 24.2 Å². The molecule has 0 saturated heterocycles. The molecule has 2 fully saturated rings. The van der Waals surface area contributed by atoms with Crippen LogP contribution < -0.4 is 20.1 Å². The monoisotopic (exact) mass is 522 g/mol. The third kappa shape index (κ3) is 6.32. The van der Waals surface area contributed by atoms with Crippen LogP contribution in [-0.4, -0.2) is 42.8 Å². The lowest BCUT2D eigenvalue weighted by atomic mass is 9.51. The molecule has 206 valence electrons. The van der Waals surface area contributed by atoms with Gasteiger partial charge in [0.05, 0.1) is 13.2 Å². The normalized spacial score (nSPS) is 29.4. The lowest BCUT2D eigenvalue weighted by Crippen LogP contribution is -2.58. The molecule has 38 heavy (non-hydrogen) atoms. The molecule has 4 rings (SSSR count). The van der Waals surface area contributed by atoms with E-state index in [4.69, 9.17) is 9.47 Å². The number of aliphatic hydroxyl groups is 1. The number of hydrogen-bond acceptors (Lipinski definition) is 5. The zero-order valence-corrected chi connectivity index (χ0v) is 23.0. The molecule has 2 saturated carbocycles. The van der Waals surface area contributed by atoms with E-state index in [-0.39, 0.29) is 53.5 Å². The molecular weight excluding hydrogens is 480 g/mol. The average molecular weight is 523 g/mol. The Labute approximate surface area is 226 Å². The van der Waals surface area contributed by atoms with Crippen LogP contribution in [0, 0.1) is 29.1 Å². The largest absolute Gasteiger partial charge is 0.497 e. The summed E-state index contributed by atoms with van der Waals surface area (Å²) in [5, 5.41) is 17.8. The number of ether oxygens (including phenoxy) is 2. The van der Waals surface area contributed by atoms with Gasteiger partial charge in [0.15, 0.2) is 6.61 Å². The van der Waals surface area contributed by atoms with Gasteiger partial charge in [0.1, 0.15) is 11.5 Å². The number of carbonyl (C=O) groups is 2. The maximum atomic E-state index is 13.1. The van der Waals surface area contributed by atoms with E-state index in [0.717, 1.165) is 37.0 Å². The number of carbonyl (C=O) groups excluding carboxylic acids is 2. The molecule has 2 aromatic carbocycles. The summed E-state index contributed by atoms with van der Waals surface area (Å²) < 4.78 is 10.8. The second kappa shape index (κ2) is 12.2. The van der Waals surface area contributed by atoms with Crippen molar-refractivity contribution in [1.82, 2.24) is 10.6 Å². The van der Waals surface area contributed by atoms with Gasteiger partial charge in [-0.05, 0) is 78.7 Å². The number of fused-ring (bicyclic) bond motifs is 1. The maximum Gasteiger partial charge on any atom is 0.258 e. The van der Waals surface area contributed by atoms with Crippen molar-refractivity contribution in [3.63, 3.8) is 0 Å². The van der Waals surface area contributed by atoms with Crippen molar-refractivity contribution in [2.45, 2.75) is 65.1 Å². The van der Waals surface area contributed by atoms with E-state index in [0.29, 0.717) is 12.3 Å². The highest BCUT2D eigenvalue weighted by atomic mass is 16.5. The molecule has 7 nitrogen and oxygen atoms in total. The number of benzene rings is 2. The third-order valence-corrected chi connectivity index (χ3v) is 9.03. The van der Waals surface area contributed by atoms with Gasteiger partial charge in [0, 0.05) is 18.5 Å². The van der Waals surface area contributed by atoms with Gasteiger partial charge >= 0.3 is 0 Å². The summed E-state index contributed by atoms with van der Waals surface area (Å²) in [5.41, 5.74) is 0.995. The Balaban J connectivity index is 1.34. The van der Waals surface area contributed by atoms with Crippen LogP contribution in [0.3, 0.4) is 0 Å². The fraction of sp³-hybridized carbons (Fsp3) is 0.548. The van der Waals surface area contributed by atoms with Crippen molar-refractivity contribution in [2.75, 3.05) is 13.7 Å². The second-order valence-corrected chi connectivity index (χ2v) is 11.4. The van der Waals surface area contributed by atoms with Crippen molar-refractivity contribution in [3.8, 4) is 11.5 Å². The summed E-state index contributed by atoms with van der Waals surface area (Å²) in [4.78, 5) is 25.8. The summed E-state index contributed by atoms with van der Waals surface area (Å²) >= 11 is 0. The van der Waals surface area contributed by atoms with Crippen LogP contribution in [-0.2, 0) is 16.1 Å². The smallest absolute Gasteiger partial charge is 0.258 e. The first-order valence-electron chi connectivity index (χ1n) is 13.8. The van der Waals surface area contributed by atoms with E-state index in [1.807, 2.05) is 61.5 Å². The van der Waals surface area contributed by atoms with Crippen molar-refractivity contribution >= 4 is 11.8 Å². The number of amides is 2. The zero-order chi connectivity index (χ0) is 27.3. The third-order valence-electron chi connectivity index (χ3n) is 9.03. The SMILES string of the molecule is COc1ccc(CNC(=O)C(C)C2CCC3(C)CCC(NC(=O)COc4ccccc4)C(C)C3C2O)cc1. The van der Waals surface area contributed by atoms with Crippen molar-refractivity contribution in [1.29, 1.82) is 0 Å². The zero-order valence-electron chi connectivity index (χ0n) is 23.0. The quantitative estimate of drug-likeness (QED) is 0.455. The molecule has 0 spiro atoms. The van der Waals surface area contributed by atoms with Crippen LogP contribution in [0.1, 0.15) is 52.0 Å². The number of methoxy groups -OCH3 is 1. The number of rotatable bonds is 9. The number of para-hydroxylation sites is 1. The van der Waals surface area contributed by atoms with Gasteiger partial charge in [-0.2, -0.15) is 0 Å². The molecule has 3 N–H and O–H groups in total. The fourth-order valence-corrected chi connectivity index (χ4v) is 6.70. The molecule has 2 aromatic rings. The van der Waals surface area contributed by atoms with Crippen molar-refractivity contribution in [2.24, 2.45) is 29.1 Å². The predicted molar refractivity (Wildman–Crippen MR) is 147 cm³/mol. The Hall–Kier alpha value is -3.06. The number of aliphatic hydroxyl groups excluding tert-OH is 1. The van der Waals surface area contributed by atoms with Gasteiger partial charge in [-0.3, -0.25) is 9.59 Å². The van der Waals surface area contributed by atoms with Gasteiger partial charge in [0.2, 0.25) is 5.91 Å². The standard InChI is InChI=1S/C31H42N2O5/c1-20(30(36)32-18-22-10-12-23(37-4)13-11-22)25-14-16-31(3)17-15-26(21(2)28(31)29(25)35)33-27(34)19-38-24-8-6-5-7-9-24/h5-13,20-21,25-26,28-29,35H,14-19H2,1-4H3,(H,32,36)(H,33,34). The summed E-state index contributed by atoms with van der Waals surface area (Å²) in [6.07, 6.45) is 3.00. The Bertz CT molecular complexity index is 1080. The predicted octanol–water partition coefficient (Wildman–Crippen LogP) is 4.33. The van der Waals surface area contributed by atoms with E-state index < -0.39 is 6.10 Å². The minimum absolute atomic E-state index is 0.00358. The van der Waals surface area contributed by atoms with Gasteiger partial charge in [-0.15, -0.1) is 0 Å². The number of nitrogens with one attached hydrogen (secondary N) is 2. The van der Waals surface area contributed by atoms with Crippen LogP contribution in [0.25, 0.3) is 0 Å². The minimum Gasteiger partial charge on any atom is -0.497 e. The first-order chi connectivity index (χ1) is 18.2. The molecule has 0 radical (unpaired) electrons. The molecule has 7 atom stereocenters. The highest BCUT2D eigenvalue weighted by Gasteiger charge is 2.53. The summed E-state index contributed by atoms with van der Waals surface area (Å²) in [5.74, 6) is 0.908. The second-order valence-electron chi connectivity index (χ2n) is 11.4. The Kier molecular flexibility index (Phi) is 8.98. The molecule has 7 heteroatoms. The Morgan fingerprint density at radius 1 is 1.05 bits per heavy atom. The Morgan fingerprint density at radius 2 is 1.74 bits per heavy atom. The highest BCUT2D eigenvalue weighted by molar-refractivity contribution is 5.79. The van der Waals surface area contributed by atoms with Crippen molar-refractivity contribution in [3.05, 3.63) is 60.2 Å². The van der Waals surface area contributed by atoms with Crippen LogP contribution in [0.4, 0.5) is 0 Å². The van der Waals surface area contributed by atoms with Crippen LogP contribution in [0.5, 0.6) is 11.5 Å². The Morgan fingerprint density at radius 3 is 2.42 bits per heavy atom. The topological polar surface area (TPSA) is 96.9 Å². The molecule has 0 bridgehead atoms. The van der Waals surface area contributed by atoms with E-state index >= 15 is 0 Å². The lowest BCUT2D eigenvalue weighted by Gasteiger charge is -2.56. The highest BCUT2D eigenvalue weighted by Crippen LogP contribution is 2.55. The molecular formula is C31H42N2O5. The van der Waals surface area contributed by atoms with E-state index in [1.165, 1.54) is 0 Å². The van der Waals surface area contributed by atoms with E-state index in [9.17, 15) is 14.7 Å². The van der Waals surface area contributed by atoms with Crippen LogP contribution >= 0.6 is 0 Å². The minimum atomic E-state index is -0.606. The van der Waals surface area contributed by atoms with Gasteiger partial charge in [-0.1, -0.05) is 51.1 Å². The fourth-order valence-electron chi connectivity index (χ4n) is 6.70. The first kappa shape index (κ1) is 28.0. The molecule has 0 aliphatic heterocycles. The maximum absolute atomic E-state index is 13.1. The summed E-state index contributed by atoms with van der Waals surface area (Å²) in [7, 11) is 1.63. The molecule has 2 aliphatic carbocycles. The molecule has 0 aromatic heterocycles. The van der Waals surface area contributed by atoms with Crippen LogP contribution in [0.15, 0.2) is 54.6 Å². The number of hydrogen-bond donors (Lipinski definition) is 3. The summed E-state index contributed by atoms with van der Waals surface area (Å²) in [6.45, 7) is 6.72. The van der Waals surface area contributed by atoms with Crippen LogP contribution in [0.2, 0.25) is 0 Å². The molecule has 2 aliphatic rings. The molecule has 0 heterocycles. The van der Waals surface area contributed by atoms with Gasteiger partial charge in [-0.25, -0.2) is 0 Å². The van der Waals surface area contributed by atoms with E-state index in [1.54, 1.807) is 7.11 Å².